The van der Waals surface area contributed by atoms with Gasteiger partial charge < -0.3 is 10.6 Å². The highest BCUT2D eigenvalue weighted by atomic mass is 32.3. The summed E-state index contributed by atoms with van der Waals surface area (Å²) in [7, 11) is -1.89. The van der Waals surface area contributed by atoms with E-state index in [9.17, 15) is 18.3 Å². The first-order valence-corrected chi connectivity index (χ1v) is 11.0. The van der Waals surface area contributed by atoms with Crippen LogP contribution in [0.15, 0.2) is 30.6 Å². The molecule has 1 saturated carbocycles. The molecular formula is C19H23FN6O3S. The molecular weight excluding hydrogens is 411 g/mol. The van der Waals surface area contributed by atoms with Gasteiger partial charge in [0.05, 0.1) is 22.7 Å². The number of nitrogens with zero attached hydrogens (tertiary/aromatic N) is 3. The van der Waals surface area contributed by atoms with Crippen LogP contribution >= 0.6 is 10.8 Å². The van der Waals surface area contributed by atoms with Gasteiger partial charge in [-0.2, -0.15) is 0 Å². The fourth-order valence-corrected chi connectivity index (χ4v) is 6.21. The molecule has 1 saturated heterocycles. The van der Waals surface area contributed by atoms with Crippen molar-refractivity contribution in [1.82, 2.24) is 19.6 Å². The van der Waals surface area contributed by atoms with E-state index in [-0.39, 0.29) is 17.2 Å². The van der Waals surface area contributed by atoms with Crippen LogP contribution in [-0.2, 0) is 5.54 Å². The number of hydrogen-bond donors (Lipinski definition) is 5. The maximum absolute atomic E-state index is 15.0. The second-order valence-electron chi connectivity index (χ2n) is 7.58. The van der Waals surface area contributed by atoms with Crippen molar-refractivity contribution in [2.24, 2.45) is 0 Å². The number of rotatable bonds is 3. The second-order valence-corrected chi connectivity index (χ2v) is 9.82. The van der Waals surface area contributed by atoms with Gasteiger partial charge in [-0.25, -0.2) is 13.7 Å². The van der Waals surface area contributed by atoms with Crippen molar-refractivity contribution in [3.05, 3.63) is 53.4 Å². The molecule has 1 amide bonds. The molecule has 0 spiro atoms. The second kappa shape index (κ2) is 7.18. The van der Waals surface area contributed by atoms with Crippen molar-refractivity contribution in [1.29, 1.82) is 5.41 Å². The monoisotopic (exact) mass is 434 g/mol. The summed E-state index contributed by atoms with van der Waals surface area (Å²) in [5, 5.41) is 13.2. The van der Waals surface area contributed by atoms with Crippen molar-refractivity contribution < 1.29 is 18.3 Å². The number of carbonyl (C=O) groups is 1. The third kappa shape index (κ3) is 3.18. The van der Waals surface area contributed by atoms with E-state index in [0.717, 1.165) is 4.31 Å². The number of benzene rings is 1. The number of amides is 1. The summed E-state index contributed by atoms with van der Waals surface area (Å²) >= 11 is 0. The van der Waals surface area contributed by atoms with Gasteiger partial charge in [0.15, 0.2) is 0 Å². The predicted molar refractivity (Wildman–Crippen MR) is 112 cm³/mol. The van der Waals surface area contributed by atoms with Gasteiger partial charge >= 0.3 is 0 Å². The molecule has 2 aliphatic rings. The molecule has 2 aromatic rings. The summed E-state index contributed by atoms with van der Waals surface area (Å²) in [5.74, 6) is -1.22. The van der Waals surface area contributed by atoms with E-state index < -0.39 is 33.3 Å². The number of halogens is 1. The van der Waals surface area contributed by atoms with Crippen LogP contribution in [0, 0.1) is 18.2 Å². The number of anilines is 1. The lowest BCUT2D eigenvalue weighted by atomic mass is 9.86. The maximum Gasteiger partial charge on any atom is 0.275 e. The van der Waals surface area contributed by atoms with Crippen molar-refractivity contribution in [2.75, 3.05) is 12.4 Å². The van der Waals surface area contributed by atoms with Crippen LogP contribution in [0.4, 0.5) is 10.1 Å². The Kier molecular flexibility index (Phi) is 4.91. The van der Waals surface area contributed by atoms with Crippen molar-refractivity contribution >= 4 is 28.3 Å². The van der Waals surface area contributed by atoms with E-state index in [1.165, 1.54) is 37.6 Å². The molecule has 0 unspecified atom stereocenters. The number of nitrogens with one attached hydrogen (secondary N) is 3. The van der Waals surface area contributed by atoms with Crippen molar-refractivity contribution in [2.45, 2.75) is 37.0 Å². The number of aryl methyl sites for hydroxylation is 1. The first-order chi connectivity index (χ1) is 14.1. The SMILES string of the molecule is Cc1cnc(C(=O)Nc2ccc(F)c([C@]34CCC[C@H]3S(O)(O)N(C)C(=N)N4)c2)cn1. The smallest absolute Gasteiger partial charge is 0.275 e. The Bertz CT molecular complexity index is 1020. The lowest BCUT2D eigenvalue weighted by molar-refractivity contribution is 0.102. The number of carbonyl (C=O) groups excluding carboxylic acids is 1. The number of hydrogen-bond acceptors (Lipinski definition) is 6. The molecule has 160 valence electrons. The van der Waals surface area contributed by atoms with Crippen LogP contribution in [0.5, 0.6) is 0 Å². The molecule has 11 heteroatoms. The highest BCUT2D eigenvalue weighted by Crippen LogP contribution is 2.62. The van der Waals surface area contributed by atoms with E-state index in [4.69, 9.17) is 5.41 Å². The molecule has 1 aliphatic heterocycles. The largest absolute Gasteiger partial charge is 0.344 e. The Balaban J connectivity index is 1.70. The van der Waals surface area contributed by atoms with Gasteiger partial charge in [0.2, 0.25) is 5.96 Å². The zero-order chi connectivity index (χ0) is 21.7. The normalized spacial score (nSPS) is 26.0. The first-order valence-electron chi connectivity index (χ1n) is 9.43. The molecule has 2 heterocycles. The lowest BCUT2D eigenvalue weighted by Crippen LogP contribution is -2.63. The van der Waals surface area contributed by atoms with Crippen LogP contribution < -0.4 is 10.6 Å². The molecule has 2 atom stereocenters. The third-order valence-electron chi connectivity index (χ3n) is 5.75. The molecule has 1 aromatic heterocycles. The summed E-state index contributed by atoms with van der Waals surface area (Å²) in [6, 6.07) is 4.14. The van der Waals surface area contributed by atoms with Crippen molar-refractivity contribution in [3.8, 4) is 0 Å². The Hall–Kier alpha value is -2.76. The van der Waals surface area contributed by atoms with Gasteiger partial charge in [-0.3, -0.25) is 24.3 Å². The molecule has 9 nitrogen and oxygen atoms in total. The van der Waals surface area contributed by atoms with E-state index >= 15 is 0 Å². The molecule has 4 rings (SSSR count). The summed E-state index contributed by atoms with van der Waals surface area (Å²) in [6.07, 6.45) is 4.38. The van der Waals surface area contributed by atoms with Crippen LogP contribution in [0.1, 0.15) is 41.0 Å². The number of fused-ring (bicyclic) bond motifs is 1. The molecule has 0 radical (unpaired) electrons. The fourth-order valence-electron chi connectivity index (χ4n) is 4.19. The summed E-state index contributed by atoms with van der Waals surface area (Å²) in [4.78, 5) is 20.6. The van der Waals surface area contributed by atoms with E-state index in [0.29, 0.717) is 30.6 Å². The number of aromatic nitrogens is 2. The minimum Gasteiger partial charge on any atom is -0.344 e. The Morgan fingerprint density at radius 1 is 1.40 bits per heavy atom. The average molecular weight is 434 g/mol. The van der Waals surface area contributed by atoms with Crippen molar-refractivity contribution in [3.63, 3.8) is 0 Å². The minimum atomic E-state index is -3.32. The fraction of sp³-hybridized carbons (Fsp3) is 0.368. The quantitative estimate of drug-likeness (QED) is 0.501. The third-order valence-corrected chi connectivity index (χ3v) is 8.14. The first kappa shape index (κ1) is 20.5. The Labute approximate surface area is 174 Å². The zero-order valence-corrected chi connectivity index (χ0v) is 17.3. The minimum absolute atomic E-state index is 0.122. The zero-order valence-electron chi connectivity index (χ0n) is 16.5. The van der Waals surface area contributed by atoms with Crippen LogP contribution in [0.25, 0.3) is 0 Å². The van der Waals surface area contributed by atoms with E-state index in [1.54, 1.807) is 6.92 Å². The molecule has 1 aromatic carbocycles. The molecule has 0 bridgehead atoms. The molecule has 30 heavy (non-hydrogen) atoms. The van der Waals surface area contributed by atoms with Gasteiger partial charge in [0.25, 0.3) is 5.91 Å². The molecule has 5 N–H and O–H groups in total. The maximum atomic E-state index is 15.0. The van der Waals surface area contributed by atoms with Gasteiger partial charge in [0.1, 0.15) is 11.5 Å². The predicted octanol–water partition coefficient (Wildman–Crippen LogP) is 3.06. The standard InChI is InChI=1S/C19H23FN6O3S/c1-11-9-23-15(10-22-11)17(27)24-12-5-6-14(20)13(8-12)19-7-3-4-16(19)30(28,29)26(2)18(21)25-19/h5-6,8-10,16,28-29H,3-4,7H2,1-2H3,(H2,21,25)(H,24,27)/t16-,19-/m1/s1. The Morgan fingerprint density at radius 2 is 2.17 bits per heavy atom. The lowest BCUT2D eigenvalue weighted by Gasteiger charge is -2.57. The molecule has 1 aliphatic carbocycles. The Morgan fingerprint density at radius 3 is 2.87 bits per heavy atom. The van der Waals surface area contributed by atoms with Crippen LogP contribution in [-0.4, -0.2) is 47.5 Å². The van der Waals surface area contributed by atoms with Gasteiger partial charge in [-0.15, -0.1) is 10.8 Å². The average Bonchev–Trinajstić information content (AvgIpc) is 3.14. The van der Waals surface area contributed by atoms with E-state index in [1.807, 2.05) is 0 Å². The number of guanidine groups is 1. The van der Waals surface area contributed by atoms with Crippen LogP contribution in [0.3, 0.4) is 0 Å². The highest BCUT2D eigenvalue weighted by molar-refractivity contribution is 8.23. The summed E-state index contributed by atoms with van der Waals surface area (Å²) in [6.45, 7) is 1.76. The highest BCUT2D eigenvalue weighted by Gasteiger charge is 2.57. The van der Waals surface area contributed by atoms with Crippen LogP contribution in [0.2, 0.25) is 0 Å². The molecule has 2 fully saturated rings. The van der Waals surface area contributed by atoms with Gasteiger partial charge in [-0.05, 0) is 44.4 Å². The summed E-state index contributed by atoms with van der Waals surface area (Å²) < 4.78 is 37.6. The van der Waals surface area contributed by atoms with Gasteiger partial charge in [0, 0.05) is 24.5 Å². The van der Waals surface area contributed by atoms with Gasteiger partial charge in [-0.1, -0.05) is 0 Å². The van der Waals surface area contributed by atoms with E-state index in [2.05, 4.69) is 20.6 Å². The topological polar surface area (TPSA) is 134 Å². The summed E-state index contributed by atoms with van der Waals surface area (Å²) in [5.41, 5.74) is 0.184.